The van der Waals surface area contributed by atoms with Gasteiger partial charge in [0.05, 0.1) is 25.8 Å². The maximum Gasteiger partial charge on any atom is 0.279 e. The van der Waals surface area contributed by atoms with Crippen molar-refractivity contribution in [2.24, 2.45) is 0 Å². The quantitative estimate of drug-likeness (QED) is 0.755. The highest BCUT2D eigenvalue weighted by atomic mass is 32.2. The average Bonchev–Trinajstić information content (AvgIpc) is 3.13. The molecule has 4 heteroatoms. The third-order valence-electron chi connectivity index (χ3n) is 5.00. The van der Waals surface area contributed by atoms with Crippen molar-refractivity contribution in [1.82, 2.24) is 0 Å². The third kappa shape index (κ3) is 4.86. The average molecular weight is 356 g/mol. The lowest BCUT2D eigenvalue weighted by Gasteiger charge is -2.35. The highest BCUT2D eigenvalue weighted by Gasteiger charge is 2.33. The van der Waals surface area contributed by atoms with E-state index >= 15 is 0 Å². The Morgan fingerprint density at radius 3 is 2.40 bits per heavy atom. The topological polar surface area (TPSA) is 29.1 Å². The van der Waals surface area contributed by atoms with Crippen LogP contribution in [0.3, 0.4) is 0 Å². The van der Waals surface area contributed by atoms with Crippen molar-refractivity contribution >= 4 is 23.4 Å². The van der Waals surface area contributed by atoms with Crippen LogP contribution >= 0.6 is 11.8 Å². The van der Waals surface area contributed by atoms with Gasteiger partial charge in [-0.05, 0) is 49.9 Å². The number of hydrogen-bond acceptors (Lipinski definition) is 2. The lowest BCUT2D eigenvalue weighted by molar-refractivity contribution is -0.906. The van der Waals surface area contributed by atoms with Crippen LogP contribution < -0.4 is 5.32 Å². The van der Waals surface area contributed by atoms with Crippen molar-refractivity contribution in [2.75, 3.05) is 26.0 Å². The molecule has 3 rings (SSSR count). The fraction of sp³-hybridized carbons (Fsp3) is 0.381. The van der Waals surface area contributed by atoms with Crippen LogP contribution in [0.2, 0.25) is 0 Å². The van der Waals surface area contributed by atoms with Gasteiger partial charge in [-0.25, -0.2) is 0 Å². The molecule has 2 aromatic rings. The molecule has 1 N–H and O–H groups in total. The number of carbonyl (C=O) groups excluding carboxylic acids is 1. The van der Waals surface area contributed by atoms with Gasteiger partial charge >= 0.3 is 0 Å². The number of amides is 1. The van der Waals surface area contributed by atoms with Crippen LogP contribution in [0.15, 0.2) is 64.4 Å². The molecule has 1 fully saturated rings. The molecule has 1 aliphatic carbocycles. The Morgan fingerprint density at radius 2 is 1.68 bits per heavy atom. The van der Waals surface area contributed by atoms with Gasteiger partial charge in [-0.1, -0.05) is 42.1 Å². The standard InChI is InChI=1S/C21H26N2OS/c1-23(2,17-10-6-7-11-17)16-21(24)22-19-14-8-9-15-20(19)25-18-12-4-3-5-13-18/h3-5,8-9,12-15,17H,6-7,10-11,16H2,1-2H3/p+1. The summed E-state index contributed by atoms with van der Waals surface area (Å²) < 4.78 is 0.778. The molecule has 0 aromatic heterocycles. The third-order valence-corrected chi connectivity index (χ3v) is 6.08. The normalized spacial score (nSPS) is 15.3. The van der Waals surface area contributed by atoms with Crippen LogP contribution in [0.25, 0.3) is 0 Å². The Kier molecular flexibility index (Phi) is 5.82. The van der Waals surface area contributed by atoms with E-state index in [1.54, 1.807) is 11.8 Å². The molecule has 3 nitrogen and oxygen atoms in total. The molecule has 0 aliphatic heterocycles. The van der Waals surface area contributed by atoms with E-state index in [4.69, 9.17) is 0 Å². The summed E-state index contributed by atoms with van der Waals surface area (Å²) in [5, 5.41) is 3.13. The number of benzene rings is 2. The highest BCUT2D eigenvalue weighted by Crippen LogP contribution is 2.33. The molecular weight excluding hydrogens is 328 g/mol. The van der Waals surface area contributed by atoms with E-state index in [0.29, 0.717) is 12.6 Å². The molecular formula is C21H27N2OS+. The Labute approximate surface area is 155 Å². The van der Waals surface area contributed by atoms with E-state index in [9.17, 15) is 4.79 Å². The first-order valence-corrected chi connectivity index (χ1v) is 9.81. The molecule has 1 aliphatic rings. The van der Waals surface area contributed by atoms with Gasteiger partial charge in [0.15, 0.2) is 6.54 Å². The van der Waals surface area contributed by atoms with E-state index in [1.807, 2.05) is 36.4 Å². The number of nitrogens with zero attached hydrogens (tertiary/aromatic N) is 1. The largest absolute Gasteiger partial charge is 0.320 e. The van der Waals surface area contributed by atoms with Crippen molar-refractivity contribution in [1.29, 1.82) is 0 Å². The maximum absolute atomic E-state index is 12.7. The van der Waals surface area contributed by atoms with E-state index in [0.717, 1.165) is 15.1 Å². The summed E-state index contributed by atoms with van der Waals surface area (Å²) in [5.74, 6) is 0.0954. The molecule has 1 saturated carbocycles. The minimum absolute atomic E-state index is 0.0954. The molecule has 1 amide bonds. The minimum Gasteiger partial charge on any atom is -0.320 e. The molecule has 0 saturated heterocycles. The van der Waals surface area contributed by atoms with Gasteiger partial charge in [-0.3, -0.25) is 4.79 Å². The Bertz CT molecular complexity index is 709. The van der Waals surface area contributed by atoms with E-state index in [-0.39, 0.29) is 5.91 Å². The predicted octanol–water partition coefficient (Wildman–Crippen LogP) is 4.80. The van der Waals surface area contributed by atoms with Crippen LogP contribution in [-0.2, 0) is 4.79 Å². The molecule has 132 valence electrons. The summed E-state index contributed by atoms with van der Waals surface area (Å²) in [7, 11) is 4.36. The van der Waals surface area contributed by atoms with Crippen molar-refractivity contribution in [3.8, 4) is 0 Å². The van der Waals surface area contributed by atoms with Crippen LogP contribution in [0.4, 0.5) is 5.69 Å². The Morgan fingerprint density at radius 1 is 1.04 bits per heavy atom. The molecule has 0 spiro atoms. The lowest BCUT2D eigenvalue weighted by atomic mass is 10.2. The fourth-order valence-electron chi connectivity index (χ4n) is 3.57. The number of carbonyl (C=O) groups is 1. The molecule has 25 heavy (non-hydrogen) atoms. The van der Waals surface area contributed by atoms with Crippen molar-refractivity contribution < 1.29 is 9.28 Å². The number of rotatable bonds is 6. The van der Waals surface area contributed by atoms with Gasteiger partial charge in [0, 0.05) is 9.79 Å². The number of likely N-dealkylation sites (N-methyl/N-ethyl adjacent to an activating group) is 1. The van der Waals surface area contributed by atoms with Crippen LogP contribution in [0.1, 0.15) is 25.7 Å². The number of nitrogens with one attached hydrogen (secondary N) is 1. The molecule has 0 heterocycles. The van der Waals surface area contributed by atoms with Crippen LogP contribution in [0, 0.1) is 0 Å². The Balaban J connectivity index is 1.67. The summed E-state index contributed by atoms with van der Waals surface area (Å²) in [5.41, 5.74) is 0.896. The second kappa shape index (κ2) is 8.07. The van der Waals surface area contributed by atoms with Gasteiger partial charge in [0.1, 0.15) is 0 Å². The zero-order valence-electron chi connectivity index (χ0n) is 15.1. The zero-order chi connectivity index (χ0) is 17.7. The summed E-state index contributed by atoms with van der Waals surface area (Å²) in [4.78, 5) is 14.9. The molecule has 0 radical (unpaired) electrons. The SMILES string of the molecule is C[N+](C)(CC(=O)Nc1ccccc1Sc1ccccc1)C1CCCC1. The second-order valence-electron chi connectivity index (χ2n) is 7.33. The molecule has 2 aromatic carbocycles. The Hall–Kier alpha value is -1.78. The highest BCUT2D eigenvalue weighted by molar-refractivity contribution is 7.99. The zero-order valence-corrected chi connectivity index (χ0v) is 15.9. The van der Waals surface area contributed by atoms with Crippen LogP contribution in [-0.4, -0.2) is 37.1 Å². The number of anilines is 1. The van der Waals surface area contributed by atoms with Gasteiger partial charge in [-0.2, -0.15) is 0 Å². The van der Waals surface area contributed by atoms with E-state index in [1.165, 1.54) is 30.6 Å². The summed E-state index contributed by atoms with van der Waals surface area (Å²) >= 11 is 1.68. The monoisotopic (exact) mass is 355 g/mol. The predicted molar refractivity (Wildman–Crippen MR) is 105 cm³/mol. The molecule has 0 atom stereocenters. The lowest BCUT2D eigenvalue weighted by Crippen LogP contribution is -2.51. The van der Waals surface area contributed by atoms with Gasteiger partial charge in [0.25, 0.3) is 5.91 Å². The van der Waals surface area contributed by atoms with E-state index < -0.39 is 0 Å². The fourth-order valence-corrected chi connectivity index (χ4v) is 4.49. The van der Waals surface area contributed by atoms with Gasteiger partial charge in [0.2, 0.25) is 0 Å². The maximum atomic E-state index is 12.7. The van der Waals surface area contributed by atoms with E-state index in [2.05, 4.69) is 37.6 Å². The smallest absolute Gasteiger partial charge is 0.279 e. The first-order chi connectivity index (χ1) is 12.0. The number of hydrogen-bond donors (Lipinski definition) is 1. The van der Waals surface area contributed by atoms with Crippen molar-refractivity contribution in [2.45, 2.75) is 41.5 Å². The first-order valence-electron chi connectivity index (χ1n) is 8.99. The number of quaternary nitrogens is 1. The number of para-hydroxylation sites is 1. The minimum atomic E-state index is 0.0954. The van der Waals surface area contributed by atoms with Crippen molar-refractivity contribution in [3.05, 3.63) is 54.6 Å². The molecule has 0 bridgehead atoms. The van der Waals surface area contributed by atoms with Gasteiger partial charge in [-0.15, -0.1) is 0 Å². The summed E-state index contributed by atoms with van der Waals surface area (Å²) in [6.45, 7) is 0.523. The van der Waals surface area contributed by atoms with Gasteiger partial charge < -0.3 is 9.80 Å². The summed E-state index contributed by atoms with van der Waals surface area (Å²) in [6, 6.07) is 18.9. The van der Waals surface area contributed by atoms with Crippen LogP contribution in [0.5, 0.6) is 0 Å². The van der Waals surface area contributed by atoms with Crippen molar-refractivity contribution in [3.63, 3.8) is 0 Å². The molecule has 0 unspecified atom stereocenters. The second-order valence-corrected chi connectivity index (χ2v) is 8.45. The first kappa shape index (κ1) is 18.0. The summed E-state index contributed by atoms with van der Waals surface area (Å²) in [6.07, 6.45) is 5.07.